The largest absolute Gasteiger partial charge is 0.348 e. The Bertz CT molecular complexity index is 902. The molecule has 1 aliphatic heterocycles. The van der Waals surface area contributed by atoms with E-state index in [-0.39, 0.29) is 11.8 Å². The third-order valence-electron chi connectivity index (χ3n) is 5.02. The molecular weight excluding hydrogens is 388 g/mol. The highest BCUT2D eigenvalue weighted by atomic mass is 35.5. The van der Waals surface area contributed by atoms with E-state index in [0.717, 1.165) is 54.9 Å². The molecule has 0 bridgehead atoms. The number of nitrogens with zero attached hydrogens (tertiary/aromatic N) is 3. The van der Waals surface area contributed by atoms with Crippen LogP contribution in [0.2, 0.25) is 5.15 Å². The maximum absolute atomic E-state index is 12.2. The lowest BCUT2D eigenvalue weighted by Crippen LogP contribution is -2.23. The van der Waals surface area contributed by atoms with E-state index in [1.165, 1.54) is 6.08 Å². The van der Waals surface area contributed by atoms with E-state index in [4.69, 9.17) is 11.6 Å². The van der Waals surface area contributed by atoms with Crippen LogP contribution in [-0.4, -0.2) is 28.1 Å². The molecule has 154 valence electrons. The molecule has 2 aromatic rings. The summed E-state index contributed by atoms with van der Waals surface area (Å²) in [4.78, 5) is 25.8. The Hall–Kier alpha value is -2.60. The first-order valence-electron chi connectivity index (χ1n) is 10.1. The van der Waals surface area contributed by atoms with Crippen molar-refractivity contribution in [3.05, 3.63) is 52.3 Å². The number of amides is 2. The van der Waals surface area contributed by atoms with Crippen molar-refractivity contribution in [3.8, 4) is 0 Å². The quantitative estimate of drug-likeness (QED) is 0.661. The summed E-state index contributed by atoms with van der Waals surface area (Å²) >= 11 is 6.39. The van der Waals surface area contributed by atoms with Crippen LogP contribution in [0.25, 0.3) is 6.08 Å². The van der Waals surface area contributed by atoms with E-state index in [2.05, 4.69) is 17.3 Å². The molecule has 2 heterocycles. The summed E-state index contributed by atoms with van der Waals surface area (Å²) in [6.07, 6.45) is 6.80. The summed E-state index contributed by atoms with van der Waals surface area (Å²) in [5.74, 6) is -0.0243. The number of carbonyl (C=O) groups excluding carboxylic acids is 2. The minimum Gasteiger partial charge on any atom is -0.348 e. The predicted octanol–water partition coefficient (Wildman–Crippen LogP) is 4.10. The number of hydrogen-bond donors (Lipinski definition) is 1. The van der Waals surface area contributed by atoms with Gasteiger partial charge in [0, 0.05) is 43.4 Å². The van der Waals surface area contributed by atoms with Crippen molar-refractivity contribution in [2.75, 3.05) is 11.4 Å². The monoisotopic (exact) mass is 414 g/mol. The summed E-state index contributed by atoms with van der Waals surface area (Å²) in [6, 6.07) is 7.72. The zero-order chi connectivity index (χ0) is 20.8. The van der Waals surface area contributed by atoms with Crippen LogP contribution in [0.4, 0.5) is 5.69 Å². The first-order chi connectivity index (χ1) is 14.0. The van der Waals surface area contributed by atoms with Gasteiger partial charge in [0.05, 0.1) is 5.69 Å². The van der Waals surface area contributed by atoms with Crippen molar-refractivity contribution in [2.45, 2.75) is 52.6 Å². The number of aryl methyl sites for hydroxylation is 2. The number of anilines is 1. The van der Waals surface area contributed by atoms with Gasteiger partial charge in [-0.1, -0.05) is 37.1 Å². The van der Waals surface area contributed by atoms with Crippen molar-refractivity contribution in [3.63, 3.8) is 0 Å². The smallest absolute Gasteiger partial charge is 0.244 e. The summed E-state index contributed by atoms with van der Waals surface area (Å²) in [6.45, 7) is 5.97. The minimum absolute atomic E-state index is 0.170. The van der Waals surface area contributed by atoms with Crippen molar-refractivity contribution in [1.82, 2.24) is 15.1 Å². The summed E-state index contributed by atoms with van der Waals surface area (Å²) in [5, 5.41) is 7.87. The number of carbonyl (C=O) groups is 2. The van der Waals surface area contributed by atoms with Gasteiger partial charge in [-0.15, -0.1) is 0 Å². The Kier molecular flexibility index (Phi) is 7.09. The summed E-state index contributed by atoms with van der Waals surface area (Å²) in [5.41, 5.74) is 3.47. The molecule has 0 unspecified atom stereocenters. The van der Waals surface area contributed by atoms with Gasteiger partial charge in [0.15, 0.2) is 0 Å². The van der Waals surface area contributed by atoms with Gasteiger partial charge in [-0.3, -0.25) is 14.3 Å². The summed E-state index contributed by atoms with van der Waals surface area (Å²) < 4.78 is 1.78. The standard InChI is InChI=1S/C22H27ClN4O2/c1-3-4-14-27-22(23)19(16(2)25-27)11-12-20(28)24-15-17-7-9-18(10-8-17)26-13-5-6-21(26)29/h7-12H,3-6,13-15H2,1-2H3,(H,24,28)/b12-11+. The van der Waals surface area contributed by atoms with E-state index in [1.807, 2.05) is 31.2 Å². The number of halogens is 1. The fourth-order valence-corrected chi connectivity index (χ4v) is 3.66. The normalized spacial score (nSPS) is 14.2. The molecule has 0 aliphatic carbocycles. The molecule has 1 aromatic carbocycles. The third-order valence-corrected chi connectivity index (χ3v) is 5.42. The summed E-state index contributed by atoms with van der Waals surface area (Å²) in [7, 11) is 0. The van der Waals surface area contributed by atoms with Crippen molar-refractivity contribution in [1.29, 1.82) is 0 Å². The zero-order valence-electron chi connectivity index (χ0n) is 16.9. The van der Waals surface area contributed by atoms with Crippen molar-refractivity contribution in [2.24, 2.45) is 0 Å². The number of rotatable bonds is 8. The number of benzene rings is 1. The molecule has 7 heteroatoms. The van der Waals surface area contributed by atoms with E-state index in [0.29, 0.717) is 18.1 Å². The van der Waals surface area contributed by atoms with E-state index in [9.17, 15) is 9.59 Å². The second kappa shape index (κ2) is 9.74. The second-order valence-electron chi connectivity index (χ2n) is 7.23. The molecular formula is C22H27ClN4O2. The predicted molar refractivity (Wildman–Crippen MR) is 116 cm³/mol. The molecule has 0 spiro atoms. The van der Waals surface area contributed by atoms with Gasteiger partial charge in [0.25, 0.3) is 0 Å². The van der Waals surface area contributed by atoms with Gasteiger partial charge in [-0.05, 0) is 43.5 Å². The molecule has 2 amide bonds. The molecule has 1 fully saturated rings. The zero-order valence-corrected chi connectivity index (χ0v) is 17.7. The third kappa shape index (κ3) is 5.26. The molecule has 0 atom stereocenters. The van der Waals surface area contributed by atoms with E-state index < -0.39 is 0 Å². The van der Waals surface area contributed by atoms with Crippen molar-refractivity contribution >= 4 is 35.2 Å². The molecule has 0 radical (unpaired) electrons. The molecule has 1 saturated heterocycles. The van der Waals surface area contributed by atoms with Crippen LogP contribution in [0.3, 0.4) is 0 Å². The van der Waals surface area contributed by atoms with Crippen LogP contribution in [0.5, 0.6) is 0 Å². The topological polar surface area (TPSA) is 67.2 Å². The van der Waals surface area contributed by atoms with E-state index >= 15 is 0 Å². The lowest BCUT2D eigenvalue weighted by atomic mass is 10.2. The average molecular weight is 415 g/mol. The first-order valence-corrected chi connectivity index (χ1v) is 10.5. The highest BCUT2D eigenvalue weighted by Crippen LogP contribution is 2.22. The highest BCUT2D eigenvalue weighted by molar-refractivity contribution is 6.31. The molecule has 0 saturated carbocycles. The maximum Gasteiger partial charge on any atom is 0.244 e. The molecule has 1 N–H and O–H groups in total. The van der Waals surface area contributed by atoms with Gasteiger partial charge in [0.2, 0.25) is 11.8 Å². The molecule has 6 nitrogen and oxygen atoms in total. The van der Waals surface area contributed by atoms with Gasteiger partial charge < -0.3 is 10.2 Å². The lowest BCUT2D eigenvalue weighted by Gasteiger charge is -2.15. The second-order valence-corrected chi connectivity index (χ2v) is 7.59. The van der Waals surface area contributed by atoms with Crippen LogP contribution in [0.1, 0.15) is 49.4 Å². The fourth-order valence-electron chi connectivity index (χ4n) is 3.33. The Morgan fingerprint density at radius 1 is 1.31 bits per heavy atom. The molecule has 1 aromatic heterocycles. The van der Waals surface area contributed by atoms with Gasteiger partial charge in [-0.25, -0.2) is 0 Å². The Morgan fingerprint density at radius 3 is 2.72 bits per heavy atom. The first kappa shape index (κ1) is 21.1. The number of hydrogen-bond acceptors (Lipinski definition) is 3. The van der Waals surface area contributed by atoms with Crippen LogP contribution in [-0.2, 0) is 22.7 Å². The Balaban J connectivity index is 1.55. The highest BCUT2D eigenvalue weighted by Gasteiger charge is 2.21. The molecule has 3 rings (SSSR count). The van der Waals surface area contributed by atoms with Crippen LogP contribution >= 0.6 is 11.6 Å². The minimum atomic E-state index is -0.194. The number of unbranched alkanes of at least 4 members (excludes halogenated alkanes) is 1. The SMILES string of the molecule is CCCCn1nc(C)c(/C=C/C(=O)NCc2ccc(N3CCCC3=O)cc2)c1Cl. The van der Waals surface area contributed by atoms with Crippen LogP contribution in [0, 0.1) is 6.92 Å². The lowest BCUT2D eigenvalue weighted by molar-refractivity contribution is -0.117. The fraction of sp³-hybridized carbons (Fsp3) is 0.409. The Morgan fingerprint density at radius 2 is 2.07 bits per heavy atom. The number of nitrogens with one attached hydrogen (secondary N) is 1. The van der Waals surface area contributed by atoms with Crippen LogP contribution < -0.4 is 10.2 Å². The van der Waals surface area contributed by atoms with Gasteiger partial charge in [-0.2, -0.15) is 5.10 Å². The average Bonchev–Trinajstić information content (AvgIpc) is 3.26. The van der Waals surface area contributed by atoms with Gasteiger partial charge >= 0.3 is 0 Å². The molecule has 1 aliphatic rings. The number of aromatic nitrogens is 2. The van der Waals surface area contributed by atoms with Gasteiger partial charge in [0.1, 0.15) is 5.15 Å². The van der Waals surface area contributed by atoms with Crippen LogP contribution in [0.15, 0.2) is 30.3 Å². The van der Waals surface area contributed by atoms with Crippen molar-refractivity contribution < 1.29 is 9.59 Å². The maximum atomic E-state index is 12.2. The van der Waals surface area contributed by atoms with E-state index in [1.54, 1.807) is 15.7 Å². The Labute approximate surface area is 176 Å². The molecule has 29 heavy (non-hydrogen) atoms.